The number of amides is 1. The highest BCUT2D eigenvalue weighted by molar-refractivity contribution is 5.81. The van der Waals surface area contributed by atoms with Crippen LogP contribution in [-0.2, 0) is 4.79 Å². The van der Waals surface area contributed by atoms with Gasteiger partial charge in [0.2, 0.25) is 17.7 Å². The lowest BCUT2D eigenvalue weighted by atomic mass is 10.4. The van der Waals surface area contributed by atoms with E-state index in [4.69, 9.17) is 5.73 Å². The van der Waals surface area contributed by atoms with Crippen LogP contribution < -0.4 is 16.4 Å². The number of aromatic nitrogens is 2. The number of rotatable bonds is 5. The summed E-state index contributed by atoms with van der Waals surface area (Å²) in [6, 6.07) is 0.241. The second-order valence-corrected chi connectivity index (χ2v) is 3.91. The zero-order valence-corrected chi connectivity index (χ0v) is 9.42. The van der Waals surface area contributed by atoms with Crippen LogP contribution in [0.15, 0.2) is 6.20 Å². The second kappa shape index (κ2) is 4.82. The summed E-state index contributed by atoms with van der Waals surface area (Å²) in [7, 11) is 0. The zero-order chi connectivity index (χ0) is 13.1. The van der Waals surface area contributed by atoms with Crippen molar-refractivity contribution in [2.75, 3.05) is 17.6 Å². The van der Waals surface area contributed by atoms with Crippen molar-refractivity contribution in [2.24, 2.45) is 0 Å². The highest BCUT2D eigenvalue weighted by Crippen LogP contribution is 2.21. The first-order chi connectivity index (χ1) is 8.56. The summed E-state index contributed by atoms with van der Waals surface area (Å²) < 4.78 is 0. The Morgan fingerprint density at radius 3 is 2.94 bits per heavy atom. The molecular formula is C9H12N6O3. The lowest BCUT2D eigenvalue weighted by Crippen LogP contribution is -2.31. The average Bonchev–Trinajstić information content (AvgIpc) is 3.10. The monoisotopic (exact) mass is 252 g/mol. The van der Waals surface area contributed by atoms with Crippen molar-refractivity contribution < 1.29 is 9.72 Å². The normalized spacial score (nSPS) is 14.0. The van der Waals surface area contributed by atoms with E-state index in [-0.39, 0.29) is 35.9 Å². The van der Waals surface area contributed by atoms with E-state index in [0.717, 1.165) is 19.0 Å². The molecule has 18 heavy (non-hydrogen) atoms. The van der Waals surface area contributed by atoms with Crippen molar-refractivity contribution in [2.45, 2.75) is 18.9 Å². The van der Waals surface area contributed by atoms with Crippen LogP contribution in [0.2, 0.25) is 0 Å². The molecule has 0 bridgehead atoms. The van der Waals surface area contributed by atoms with Gasteiger partial charge in [0.25, 0.3) is 0 Å². The van der Waals surface area contributed by atoms with Gasteiger partial charge in [0.15, 0.2) is 0 Å². The first kappa shape index (κ1) is 12.0. The Morgan fingerprint density at radius 2 is 2.33 bits per heavy atom. The average molecular weight is 252 g/mol. The van der Waals surface area contributed by atoms with E-state index >= 15 is 0 Å². The van der Waals surface area contributed by atoms with Gasteiger partial charge in [-0.05, 0) is 12.8 Å². The Labute approximate surface area is 102 Å². The Morgan fingerprint density at radius 1 is 1.61 bits per heavy atom. The zero-order valence-electron chi connectivity index (χ0n) is 9.42. The quantitative estimate of drug-likeness (QED) is 0.481. The molecule has 0 aliphatic heterocycles. The van der Waals surface area contributed by atoms with E-state index in [9.17, 15) is 14.9 Å². The van der Waals surface area contributed by atoms with Gasteiger partial charge in [-0.15, -0.1) is 0 Å². The SMILES string of the molecule is Nc1ncc([N+](=O)[O-])c(NCC(=O)NC2CC2)n1. The Balaban J connectivity index is 2.00. The molecule has 0 aromatic carbocycles. The van der Waals surface area contributed by atoms with Gasteiger partial charge in [0.1, 0.15) is 6.20 Å². The molecule has 0 unspecified atom stereocenters. The molecule has 1 aliphatic carbocycles. The number of carbonyl (C=O) groups excluding carboxylic acids is 1. The Kier molecular flexibility index (Phi) is 3.22. The standard InChI is InChI=1S/C9H12N6O3/c10-9-12-3-6(15(17)18)8(14-9)11-4-7(16)13-5-1-2-5/h3,5H,1-2,4H2,(H,13,16)(H3,10,11,12,14). The van der Waals surface area contributed by atoms with E-state index in [1.165, 1.54) is 0 Å². The summed E-state index contributed by atoms with van der Waals surface area (Å²) in [6.07, 6.45) is 2.96. The van der Waals surface area contributed by atoms with Gasteiger partial charge >= 0.3 is 5.69 Å². The van der Waals surface area contributed by atoms with E-state index in [1.807, 2.05) is 0 Å². The molecule has 9 heteroatoms. The van der Waals surface area contributed by atoms with Crippen LogP contribution >= 0.6 is 0 Å². The fraction of sp³-hybridized carbons (Fsp3) is 0.444. The minimum absolute atomic E-state index is 0.0570. The fourth-order valence-electron chi connectivity index (χ4n) is 1.32. The van der Waals surface area contributed by atoms with Crippen LogP contribution in [0.3, 0.4) is 0 Å². The van der Waals surface area contributed by atoms with Gasteiger partial charge in [-0.2, -0.15) is 4.98 Å². The molecule has 1 amide bonds. The summed E-state index contributed by atoms with van der Waals surface area (Å²) >= 11 is 0. The third-order valence-electron chi connectivity index (χ3n) is 2.34. The van der Waals surface area contributed by atoms with Gasteiger partial charge in [-0.3, -0.25) is 14.9 Å². The lowest BCUT2D eigenvalue weighted by Gasteiger charge is -2.06. The number of nitro groups is 1. The van der Waals surface area contributed by atoms with E-state index in [0.29, 0.717) is 0 Å². The molecule has 4 N–H and O–H groups in total. The van der Waals surface area contributed by atoms with Crippen LogP contribution in [0.25, 0.3) is 0 Å². The number of nitrogens with one attached hydrogen (secondary N) is 2. The smallest absolute Gasteiger partial charge is 0.329 e. The maximum absolute atomic E-state index is 11.4. The molecule has 2 rings (SSSR count). The van der Waals surface area contributed by atoms with Gasteiger partial charge in [0, 0.05) is 6.04 Å². The maximum atomic E-state index is 11.4. The summed E-state index contributed by atoms with van der Waals surface area (Å²) in [4.78, 5) is 28.7. The number of nitrogen functional groups attached to an aromatic ring is 1. The van der Waals surface area contributed by atoms with Gasteiger partial charge < -0.3 is 16.4 Å². The molecule has 1 aromatic rings. The molecule has 1 fully saturated rings. The molecule has 0 radical (unpaired) electrons. The van der Waals surface area contributed by atoms with E-state index in [2.05, 4.69) is 20.6 Å². The third kappa shape index (κ3) is 3.03. The van der Waals surface area contributed by atoms with Crippen molar-refractivity contribution in [1.29, 1.82) is 0 Å². The minimum atomic E-state index is -0.638. The molecule has 9 nitrogen and oxygen atoms in total. The van der Waals surface area contributed by atoms with E-state index < -0.39 is 4.92 Å². The first-order valence-corrected chi connectivity index (χ1v) is 5.36. The maximum Gasteiger partial charge on any atom is 0.329 e. The second-order valence-electron chi connectivity index (χ2n) is 3.91. The molecule has 1 aliphatic rings. The number of nitrogens with two attached hydrogens (primary N) is 1. The predicted molar refractivity (Wildman–Crippen MR) is 62.8 cm³/mol. The van der Waals surface area contributed by atoms with Crippen LogP contribution in [0, 0.1) is 10.1 Å². The van der Waals surface area contributed by atoms with Crippen molar-refractivity contribution in [3.63, 3.8) is 0 Å². The van der Waals surface area contributed by atoms with Crippen molar-refractivity contribution in [1.82, 2.24) is 15.3 Å². The Bertz CT molecular complexity index is 487. The summed E-state index contributed by atoms with van der Waals surface area (Å²) in [6.45, 7) is -0.0895. The molecular weight excluding hydrogens is 240 g/mol. The van der Waals surface area contributed by atoms with Gasteiger partial charge in [-0.25, -0.2) is 4.98 Å². The highest BCUT2D eigenvalue weighted by Gasteiger charge is 2.23. The fourth-order valence-corrected chi connectivity index (χ4v) is 1.32. The van der Waals surface area contributed by atoms with Gasteiger partial charge in [-0.1, -0.05) is 0 Å². The van der Waals surface area contributed by atoms with Crippen molar-refractivity contribution in [3.8, 4) is 0 Å². The first-order valence-electron chi connectivity index (χ1n) is 5.36. The molecule has 96 valence electrons. The van der Waals surface area contributed by atoms with Crippen molar-refractivity contribution >= 4 is 23.4 Å². The molecule has 0 spiro atoms. The van der Waals surface area contributed by atoms with Gasteiger partial charge in [0.05, 0.1) is 11.5 Å². The summed E-state index contributed by atoms with van der Waals surface area (Å²) in [5.74, 6) is -0.381. The van der Waals surface area contributed by atoms with Crippen LogP contribution in [0.5, 0.6) is 0 Å². The van der Waals surface area contributed by atoms with Crippen LogP contribution in [0.4, 0.5) is 17.5 Å². The van der Waals surface area contributed by atoms with Crippen molar-refractivity contribution in [3.05, 3.63) is 16.3 Å². The number of hydrogen-bond donors (Lipinski definition) is 3. The van der Waals surface area contributed by atoms with Crippen LogP contribution in [-0.4, -0.2) is 33.4 Å². The largest absolute Gasteiger partial charge is 0.368 e. The number of nitrogens with zero attached hydrogens (tertiary/aromatic N) is 3. The minimum Gasteiger partial charge on any atom is -0.368 e. The number of anilines is 2. The molecule has 0 saturated heterocycles. The molecule has 1 aromatic heterocycles. The molecule has 0 atom stereocenters. The highest BCUT2D eigenvalue weighted by atomic mass is 16.6. The number of carbonyl (C=O) groups is 1. The molecule has 1 heterocycles. The third-order valence-corrected chi connectivity index (χ3v) is 2.34. The topological polar surface area (TPSA) is 136 Å². The lowest BCUT2D eigenvalue weighted by molar-refractivity contribution is -0.384. The van der Waals surface area contributed by atoms with E-state index in [1.54, 1.807) is 0 Å². The molecule has 1 saturated carbocycles. The summed E-state index contributed by atoms with van der Waals surface area (Å²) in [5, 5.41) is 16.0. The Hall–Kier alpha value is -2.45. The summed E-state index contributed by atoms with van der Waals surface area (Å²) in [5.41, 5.74) is 5.02. The van der Waals surface area contributed by atoms with Crippen LogP contribution in [0.1, 0.15) is 12.8 Å². The number of hydrogen-bond acceptors (Lipinski definition) is 7. The predicted octanol–water partition coefficient (Wildman–Crippen LogP) is -0.343.